The Balaban J connectivity index is 1.79. The predicted molar refractivity (Wildman–Crippen MR) is 134 cm³/mol. The molecule has 0 bridgehead atoms. The van der Waals surface area contributed by atoms with Gasteiger partial charge in [-0.2, -0.15) is 0 Å². The molecule has 0 fully saturated rings. The smallest absolute Gasteiger partial charge is 0.255 e. The molecular formula is C23H19Cl3N2O5S. The maximum Gasteiger partial charge on any atom is 0.255 e. The molecule has 11 heteroatoms. The summed E-state index contributed by atoms with van der Waals surface area (Å²) in [6.07, 6.45) is 0. The van der Waals surface area contributed by atoms with Gasteiger partial charge in [-0.05, 0) is 49.7 Å². The molecule has 0 radical (unpaired) electrons. The molecule has 3 aromatic carbocycles. The van der Waals surface area contributed by atoms with Crippen LogP contribution in [0.5, 0.6) is 5.75 Å². The number of carbonyl (C=O) groups is 2. The minimum absolute atomic E-state index is 0.000895. The first-order valence-electron chi connectivity index (χ1n) is 9.81. The molecule has 0 aliphatic heterocycles. The third kappa shape index (κ3) is 5.47. The van der Waals surface area contributed by atoms with Crippen LogP contribution in [0.1, 0.15) is 22.8 Å². The average Bonchev–Trinajstić information content (AvgIpc) is 2.80. The zero-order valence-corrected chi connectivity index (χ0v) is 21.0. The molecular weight excluding hydrogens is 523 g/mol. The standard InChI is InChI=1S/C23H19Cl3N2O5S/c1-12-16(24)8-14(9-17(12)25)23(31)28-20-10-18(26)19(11-21(20)29)27-22(30)13(2)34(32,33)15-6-4-3-5-7-15/h3-11,13,29H,1-2H3,(H,27,30)(H,28,31). The molecule has 3 aromatic rings. The number of nitrogens with one attached hydrogen (secondary N) is 2. The summed E-state index contributed by atoms with van der Waals surface area (Å²) in [5, 5.41) is 14.4. The molecule has 3 rings (SSSR count). The molecule has 0 aromatic heterocycles. The summed E-state index contributed by atoms with van der Waals surface area (Å²) in [6.45, 7) is 2.95. The van der Waals surface area contributed by atoms with Gasteiger partial charge in [0.15, 0.2) is 9.84 Å². The number of aromatic hydroxyl groups is 1. The maximum absolute atomic E-state index is 12.7. The molecule has 0 saturated heterocycles. The number of amides is 2. The first kappa shape index (κ1) is 25.8. The molecule has 7 nitrogen and oxygen atoms in total. The Morgan fingerprint density at radius 2 is 1.47 bits per heavy atom. The van der Waals surface area contributed by atoms with E-state index in [9.17, 15) is 23.1 Å². The predicted octanol–water partition coefficient (Wildman–Crippen LogP) is 5.71. The summed E-state index contributed by atoms with van der Waals surface area (Å²) in [5.41, 5.74) is 0.715. The number of halogens is 3. The Labute approximate surface area is 211 Å². The largest absolute Gasteiger partial charge is 0.506 e. The van der Waals surface area contributed by atoms with Crippen LogP contribution in [0, 0.1) is 6.92 Å². The zero-order chi connectivity index (χ0) is 25.2. The zero-order valence-electron chi connectivity index (χ0n) is 17.9. The molecule has 1 unspecified atom stereocenters. The van der Waals surface area contributed by atoms with Crippen LogP contribution in [0.3, 0.4) is 0 Å². The minimum Gasteiger partial charge on any atom is -0.506 e. The van der Waals surface area contributed by atoms with E-state index in [1.807, 2.05) is 0 Å². The quantitative estimate of drug-likeness (QED) is 0.346. The van der Waals surface area contributed by atoms with E-state index in [4.69, 9.17) is 34.8 Å². The van der Waals surface area contributed by atoms with Crippen molar-refractivity contribution in [3.63, 3.8) is 0 Å². The van der Waals surface area contributed by atoms with Gasteiger partial charge in [-0.25, -0.2) is 8.42 Å². The molecule has 178 valence electrons. The molecule has 0 saturated carbocycles. The third-order valence-electron chi connectivity index (χ3n) is 5.04. The Hall–Kier alpha value is -2.78. The van der Waals surface area contributed by atoms with Crippen molar-refractivity contribution in [2.45, 2.75) is 24.0 Å². The van der Waals surface area contributed by atoms with Crippen molar-refractivity contribution in [2.24, 2.45) is 0 Å². The molecule has 0 aliphatic rings. The van der Waals surface area contributed by atoms with E-state index in [1.165, 1.54) is 37.3 Å². The first-order chi connectivity index (χ1) is 15.9. The summed E-state index contributed by atoms with van der Waals surface area (Å²) in [4.78, 5) is 25.2. The topological polar surface area (TPSA) is 113 Å². The molecule has 0 heterocycles. The Morgan fingerprint density at radius 1 is 0.882 bits per heavy atom. The summed E-state index contributed by atoms with van der Waals surface area (Å²) < 4.78 is 25.4. The van der Waals surface area contributed by atoms with Crippen molar-refractivity contribution in [1.29, 1.82) is 0 Å². The van der Waals surface area contributed by atoms with Crippen molar-refractivity contribution in [3.8, 4) is 5.75 Å². The fourth-order valence-corrected chi connectivity index (χ4v) is 4.90. The summed E-state index contributed by atoms with van der Waals surface area (Å²) in [5.74, 6) is -1.85. The highest BCUT2D eigenvalue weighted by Crippen LogP contribution is 2.35. The number of benzene rings is 3. The van der Waals surface area contributed by atoms with Gasteiger partial charge in [0.25, 0.3) is 5.91 Å². The van der Waals surface area contributed by atoms with Crippen molar-refractivity contribution >= 4 is 67.8 Å². The van der Waals surface area contributed by atoms with Crippen LogP contribution >= 0.6 is 34.8 Å². The van der Waals surface area contributed by atoms with Crippen molar-refractivity contribution in [1.82, 2.24) is 0 Å². The van der Waals surface area contributed by atoms with Gasteiger partial charge in [0.2, 0.25) is 5.91 Å². The highest BCUT2D eigenvalue weighted by atomic mass is 35.5. The number of carbonyl (C=O) groups excluding carboxylic acids is 2. The van der Waals surface area contributed by atoms with Crippen LogP contribution in [-0.2, 0) is 14.6 Å². The van der Waals surface area contributed by atoms with E-state index < -0.39 is 32.7 Å². The van der Waals surface area contributed by atoms with Crippen LogP contribution in [-0.4, -0.2) is 30.6 Å². The maximum atomic E-state index is 12.7. The highest BCUT2D eigenvalue weighted by molar-refractivity contribution is 7.92. The average molecular weight is 542 g/mol. The van der Waals surface area contributed by atoms with Crippen molar-refractivity contribution < 1.29 is 23.1 Å². The number of anilines is 2. The number of rotatable bonds is 6. The van der Waals surface area contributed by atoms with E-state index >= 15 is 0 Å². The van der Waals surface area contributed by atoms with E-state index in [2.05, 4.69) is 10.6 Å². The van der Waals surface area contributed by atoms with Gasteiger partial charge in [-0.3, -0.25) is 9.59 Å². The Kier molecular flexibility index (Phi) is 7.77. The van der Waals surface area contributed by atoms with Gasteiger partial charge < -0.3 is 15.7 Å². The molecule has 2 amide bonds. The van der Waals surface area contributed by atoms with Crippen LogP contribution in [0.4, 0.5) is 11.4 Å². The lowest BCUT2D eigenvalue weighted by Gasteiger charge is -2.16. The number of phenols is 1. The minimum atomic E-state index is -3.94. The first-order valence-corrected chi connectivity index (χ1v) is 12.5. The molecule has 3 N–H and O–H groups in total. The van der Waals surface area contributed by atoms with Crippen molar-refractivity contribution in [3.05, 3.63) is 80.8 Å². The third-order valence-corrected chi connectivity index (χ3v) is 8.21. The Morgan fingerprint density at radius 3 is 2.06 bits per heavy atom. The van der Waals surface area contributed by atoms with E-state index in [-0.39, 0.29) is 26.9 Å². The van der Waals surface area contributed by atoms with Crippen LogP contribution in [0.25, 0.3) is 0 Å². The second kappa shape index (κ2) is 10.2. The van der Waals surface area contributed by atoms with Crippen LogP contribution < -0.4 is 10.6 Å². The lowest BCUT2D eigenvalue weighted by Crippen LogP contribution is -2.32. The fraction of sp³-hybridized carbons (Fsp3) is 0.130. The molecule has 0 aliphatic carbocycles. The SMILES string of the molecule is Cc1c(Cl)cc(C(=O)Nc2cc(Cl)c(NC(=O)C(C)S(=O)(=O)c3ccccc3)cc2O)cc1Cl. The molecule has 0 spiro atoms. The Bertz CT molecular complexity index is 1360. The van der Waals surface area contributed by atoms with Gasteiger partial charge in [-0.15, -0.1) is 0 Å². The monoisotopic (exact) mass is 540 g/mol. The molecule has 1 atom stereocenters. The van der Waals surface area contributed by atoms with Gasteiger partial charge in [0, 0.05) is 21.7 Å². The van der Waals surface area contributed by atoms with Crippen molar-refractivity contribution in [2.75, 3.05) is 10.6 Å². The summed E-state index contributed by atoms with van der Waals surface area (Å²) >= 11 is 18.4. The lowest BCUT2D eigenvalue weighted by atomic mass is 10.1. The second-order valence-electron chi connectivity index (χ2n) is 7.36. The number of phenolic OH excluding ortho intramolecular Hbond substituents is 1. The van der Waals surface area contributed by atoms with E-state index in [0.29, 0.717) is 15.6 Å². The number of hydrogen-bond acceptors (Lipinski definition) is 5. The van der Waals surface area contributed by atoms with Gasteiger partial charge in [0.1, 0.15) is 11.0 Å². The normalized spacial score (nSPS) is 12.1. The van der Waals surface area contributed by atoms with Gasteiger partial charge in [-0.1, -0.05) is 53.0 Å². The lowest BCUT2D eigenvalue weighted by molar-refractivity contribution is -0.115. The molecule has 34 heavy (non-hydrogen) atoms. The van der Waals surface area contributed by atoms with E-state index in [0.717, 1.165) is 6.07 Å². The van der Waals surface area contributed by atoms with Gasteiger partial charge >= 0.3 is 0 Å². The van der Waals surface area contributed by atoms with Gasteiger partial charge in [0.05, 0.1) is 21.3 Å². The number of sulfone groups is 1. The fourth-order valence-electron chi connectivity index (χ4n) is 2.92. The highest BCUT2D eigenvalue weighted by Gasteiger charge is 2.30. The second-order valence-corrected chi connectivity index (χ2v) is 10.8. The summed E-state index contributed by atoms with van der Waals surface area (Å²) in [7, 11) is -3.94. The van der Waals surface area contributed by atoms with E-state index in [1.54, 1.807) is 25.1 Å². The number of hydrogen-bond donors (Lipinski definition) is 3. The van der Waals surface area contributed by atoms with Crippen LogP contribution in [0.2, 0.25) is 15.1 Å². The summed E-state index contributed by atoms with van der Waals surface area (Å²) in [6, 6.07) is 12.7. The van der Waals surface area contributed by atoms with Crippen LogP contribution in [0.15, 0.2) is 59.5 Å².